The predicted molar refractivity (Wildman–Crippen MR) is 83.9 cm³/mol. The van der Waals surface area contributed by atoms with E-state index in [2.05, 4.69) is 15.4 Å². The molecule has 0 saturated heterocycles. The normalized spacial score (nSPS) is 12.0. The minimum Gasteiger partial charge on any atom is -0.444 e. The van der Waals surface area contributed by atoms with Crippen LogP contribution in [0.5, 0.6) is 0 Å². The summed E-state index contributed by atoms with van der Waals surface area (Å²) in [7, 11) is -3.91. The molecule has 0 fully saturated rings. The largest absolute Gasteiger partial charge is 0.444 e. The van der Waals surface area contributed by atoms with Crippen molar-refractivity contribution < 1.29 is 17.9 Å². The molecule has 124 valence electrons. The highest BCUT2D eigenvalue weighted by Crippen LogP contribution is 2.17. The Morgan fingerprint density at radius 1 is 1.30 bits per heavy atom. The summed E-state index contributed by atoms with van der Waals surface area (Å²) in [6.45, 7) is 5.15. The lowest BCUT2D eigenvalue weighted by molar-refractivity contribution is 0.0636. The van der Waals surface area contributed by atoms with Gasteiger partial charge in [-0.25, -0.2) is 9.78 Å². The fraction of sp³-hybridized carbons (Fsp3) is 0.308. The third kappa shape index (κ3) is 4.42. The third-order valence-electron chi connectivity index (χ3n) is 2.45. The van der Waals surface area contributed by atoms with Gasteiger partial charge in [-0.1, -0.05) is 11.6 Å². The number of halogens is 1. The number of carbonyl (C=O) groups excluding carboxylic acids is 1. The first kappa shape index (κ1) is 17.2. The van der Waals surface area contributed by atoms with Crippen LogP contribution in [0.15, 0.2) is 35.6 Å². The molecule has 0 unspecified atom stereocenters. The molecular weight excluding hydrogens is 344 g/mol. The van der Waals surface area contributed by atoms with Gasteiger partial charge >= 0.3 is 6.09 Å². The Morgan fingerprint density at radius 2 is 2.00 bits per heavy atom. The first-order chi connectivity index (χ1) is 10.6. The summed E-state index contributed by atoms with van der Waals surface area (Å²) in [4.78, 5) is 15.3. The average Bonchev–Trinajstić information content (AvgIpc) is 2.86. The van der Waals surface area contributed by atoms with E-state index in [0.29, 0.717) is 0 Å². The van der Waals surface area contributed by atoms with Gasteiger partial charge in [0.1, 0.15) is 15.6 Å². The van der Waals surface area contributed by atoms with Crippen LogP contribution in [-0.2, 0) is 14.8 Å². The van der Waals surface area contributed by atoms with Gasteiger partial charge in [-0.3, -0.25) is 5.32 Å². The molecule has 0 atom stereocenters. The Labute approximate surface area is 138 Å². The molecule has 0 aliphatic heterocycles. The molecule has 2 aromatic heterocycles. The Morgan fingerprint density at radius 3 is 2.57 bits per heavy atom. The van der Waals surface area contributed by atoms with Crippen molar-refractivity contribution in [2.24, 2.45) is 0 Å². The predicted octanol–water partition coefficient (Wildman–Crippen LogP) is 2.52. The summed E-state index contributed by atoms with van der Waals surface area (Å²) < 4.78 is 30.5. The number of anilines is 1. The van der Waals surface area contributed by atoms with Crippen molar-refractivity contribution in [2.75, 3.05) is 5.32 Å². The summed E-state index contributed by atoms with van der Waals surface area (Å²) in [5.41, 5.74) is -0.481. The van der Waals surface area contributed by atoms with Crippen LogP contribution in [0.2, 0.25) is 5.15 Å². The Kier molecular flexibility index (Phi) is 4.62. The number of hydrogen-bond donors (Lipinski definition) is 1. The Balaban J connectivity index is 2.18. The topological polar surface area (TPSA) is 103 Å². The highest BCUT2D eigenvalue weighted by molar-refractivity contribution is 7.89. The maximum Gasteiger partial charge on any atom is 0.412 e. The zero-order valence-electron chi connectivity index (χ0n) is 12.6. The average molecular weight is 359 g/mol. The number of carbonyl (C=O) groups is 1. The van der Waals surface area contributed by atoms with Crippen molar-refractivity contribution in [3.63, 3.8) is 0 Å². The van der Waals surface area contributed by atoms with E-state index in [0.717, 1.165) is 16.5 Å². The standard InChI is InChI=1S/C13H15ClN4O4S/c1-13(2,3)22-12(19)17-9-6-16-18(8-9)23(20,21)10-4-5-11(14)15-7-10/h4-8H,1-3H3,(H,17,19). The van der Waals surface area contributed by atoms with Gasteiger partial charge < -0.3 is 4.74 Å². The molecule has 23 heavy (non-hydrogen) atoms. The van der Waals surface area contributed by atoms with E-state index in [4.69, 9.17) is 16.3 Å². The van der Waals surface area contributed by atoms with Gasteiger partial charge in [0.25, 0.3) is 10.0 Å². The van der Waals surface area contributed by atoms with E-state index >= 15 is 0 Å². The molecule has 2 rings (SSSR count). The molecule has 2 heterocycles. The minimum absolute atomic E-state index is 0.0752. The van der Waals surface area contributed by atoms with Crippen molar-refractivity contribution in [3.8, 4) is 0 Å². The van der Waals surface area contributed by atoms with Gasteiger partial charge in [-0.15, -0.1) is 0 Å². The van der Waals surface area contributed by atoms with Gasteiger partial charge in [0.05, 0.1) is 18.1 Å². The van der Waals surface area contributed by atoms with E-state index in [1.54, 1.807) is 20.8 Å². The van der Waals surface area contributed by atoms with E-state index in [-0.39, 0.29) is 15.7 Å². The van der Waals surface area contributed by atoms with Gasteiger partial charge in [0.2, 0.25) is 0 Å². The number of amides is 1. The van der Waals surface area contributed by atoms with Crippen LogP contribution in [0.3, 0.4) is 0 Å². The van der Waals surface area contributed by atoms with Crippen molar-refractivity contribution in [1.29, 1.82) is 0 Å². The molecule has 0 aliphatic carbocycles. The van der Waals surface area contributed by atoms with Crippen LogP contribution >= 0.6 is 11.6 Å². The maximum atomic E-state index is 12.3. The Bertz CT molecular complexity index is 809. The second-order valence-electron chi connectivity index (χ2n) is 5.55. The van der Waals surface area contributed by atoms with Crippen molar-refractivity contribution >= 4 is 33.4 Å². The van der Waals surface area contributed by atoms with E-state index in [1.807, 2.05) is 0 Å². The highest BCUT2D eigenvalue weighted by Gasteiger charge is 2.20. The van der Waals surface area contributed by atoms with Gasteiger partial charge in [0.15, 0.2) is 0 Å². The first-order valence-corrected chi connectivity index (χ1v) is 8.31. The molecule has 1 amide bonds. The van der Waals surface area contributed by atoms with Crippen molar-refractivity contribution in [1.82, 2.24) is 14.2 Å². The SMILES string of the molecule is CC(C)(C)OC(=O)Nc1cnn(S(=O)(=O)c2ccc(Cl)nc2)c1. The second kappa shape index (κ2) is 6.17. The summed E-state index contributed by atoms with van der Waals surface area (Å²) in [6, 6.07) is 2.67. The molecule has 0 bridgehead atoms. The van der Waals surface area contributed by atoms with Crippen LogP contribution in [0, 0.1) is 0 Å². The van der Waals surface area contributed by atoms with E-state index in [9.17, 15) is 13.2 Å². The fourth-order valence-corrected chi connectivity index (χ4v) is 2.72. The van der Waals surface area contributed by atoms with Gasteiger partial charge in [-0.05, 0) is 32.9 Å². The lowest BCUT2D eigenvalue weighted by Crippen LogP contribution is -2.27. The molecule has 0 radical (unpaired) electrons. The first-order valence-electron chi connectivity index (χ1n) is 6.50. The molecule has 8 nitrogen and oxygen atoms in total. The van der Waals surface area contributed by atoms with Gasteiger partial charge in [-0.2, -0.15) is 17.6 Å². The number of aromatic nitrogens is 3. The quantitative estimate of drug-likeness (QED) is 0.845. The molecular formula is C13H15ClN4O4S. The molecule has 0 spiro atoms. The van der Waals surface area contributed by atoms with Crippen LogP contribution in [0.4, 0.5) is 10.5 Å². The number of nitrogens with zero attached hydrogens (tertiary/aromatic N) is 3. The van der Waals surface area contributed by atoms with Crippen LogP contribution in [-0.4, -0.2) is 34.3 Å². The minimum atomic E-state index is -3.91. The zero-order valence-corrected chi connectivity index (χ0v) is 14.2. The number of hydrogen-bond acceptors (Lipinski definition) is 6. The number of rotatable bonds is 3. The van der Waals surface area contributed by atoms with Crippen LogP contribution < -0.4 is 5.32 Å². The number of ether oxygens (including phenoxy) is 1. The zero-order chi connectivity index (χ0) is 17.3. The Hall–Kier alpha value is -2.13. The lowest BCUT2D eigenvalue weighted by Gasteiger charge is -2.19. The van der Waals surface area contributed by atoms with Gasteiger partial charge in [0, 0.05) is 6.20 Å². The van der Waals surface area contributed by atoms with Crippen LogP contribution in [0.1, 0.15) is 20.8 Å². The number of pyridine rings is 1. The van der Waals surface area contributed by atoms with Crippen molar-refractivity contribution in [3.05, 3.63) is 35.9 Å². The smallest absolute Gasteiger partial charge is 0.412 e. The monoisotopic (exact) mass is 358 g/mol. The molecule has 0 saturated carbocycles. The summed E-state index contributed by atoms with van der Waals surface area (Å²) >= 11 is 5.63. The molecule has 10 heteroatoms. The molecule has 0 aliphatic rings. The molecule has 1 N–H and O–H groups in total. The highest BCUT2D eigenvalue weighted by atomic mass is 35.5. The summed E-state index contributed by atoms with van der Waals surface area (Å²) in [5, 5.41) is 6.32. The maximum absolute atomic E-state index is 12.3. The fourth-order valence-electron chi connectivity index (χ4n) is 1.55. The number of nitrogens with one attached hydrogen (secondary N) is 1. The molecule has 0 aromatic carbocycles. The molecule has 2 aromatic rings. The van der Waals surface area contributed by atoms with Crippen LogP contribution in [0.25, 0.3) is 0 Å². The van der Waals surface area contributed by atoms with E-state index < -0.39 is 21.7 Å². The lowest BCUT2D eigenvalue weighted by atomic mass is 10.2. The third-order valence-corrected chi connectivity index (χ3v) is 4.20. The summed E-state index contributed by atoms with van der Waals surface area (Å²) in [6.07, 6.45) is 2.78. The summed E-state index contributed by atoms with van der Waals surface area (Å²) in [5.74, 6) is 0. The van der Waals surface area contributed by atoms with E-state index in [1.165, 1.54) is 18.3 Å². The van der Waals surface area contributed by atoms with Crippen molar-refractivity contribution in [2.45, 2.75) is 31.3 Å². The second-order valence-corrected chi connectivity index (χ2v) is 7.73.